The first-order valence-electron chi connectivity index (χ1n) is 6.93. The second-order valence-electron chi connectivity index (χ2n) is 5.09. The Hall–Kier alpha value is -1.36. The summed E-state index contributed by atoms with van der Waals surface area (Å²) in [5, 5.41) is 2.77. The molecule has 0 radical (unpaired) electrons. The lowest BCUT2D eigenvalue weighted by Gasteiger charge is -2.29. The minimum atomic E-state index is -0.482. The highest BCUT2D eigenvalue weighted by Crippen LogP contribution is 2.12. The van der Waals surface area contributed by atoms with Crippen LogP contribution in [0.4, 0.5) is 0 Å². The van der Waals surface area contributed by atoms with Crippen LogP contribution in [0, 0.1) is 0 Å². The van der Waals surface area contributed by atoms with E-state index >= 15 is 0 Å². The van der Waals surface area contributed by atoms with Gasteiger partial charge in [-0.25, -0.2) is 0 Å². The Kier molecular flexibility index (Phi) is 5.17. The van der Waals surface area contributed by atoms with Crippen molar-refractivity contribution in [1.29, 1.82) is 0 Å². The minimum absolute atomic E-state index is 0.00941. The Bertz CT molecular complexity index is 481. The molecule has 20 heavy (non-hydrogen) atoms. The molecular formula is C15H19BrN2O2. The second-order valence-corrected chi connectivity index (χ2v) is 6.00. The van der Waals surface area contributed by atoms with Gasteiger partial charge < -0.3 is 10.2 Å². The zero-order valence-electron chi connectivity index (χ0n) is 11.6. The second kappa shape index (κ2) is 6.88. The van der Waals surface area contributed by atoms with Crippen molar-refractivity contribution in [2.45, 2.75) is 32.2 Å². The van der Waals surface area contributed by atoms with Crippen LogP contribution in [-0.4, -0.2) is 35.8 Å². The number of rotatable bonds is 3. The van der Waals surface area contributed by atoms with Crippen LogP contribution < -0.4 is 5.32 Å². The van der Waals surface area contributed by atoms with Gasteiger partial charge in [0.05, 0.1) is 0 Å². The Morgan fingerprint density at radius 3 is 2.35 bits per heavy atom. The first-order chi connectivity index (χ1) is 9.58. The van der Waals surface area contributed by atoms with Crippen molar-refractivity contribution < 1.29 is 9.59 Å². The number of carbonyl (C=O) groups excluding carboxylic acids is 2. The molecule has 0 spiro atoms. The molecule has 0 aliphatic carbocycles. The predicted octanol–water partition coefficient (Wildman–Crippen LogP) is 2.58. The maximum absolute atomic E-state index is 12.2. The molecule has 1 atom stereocenters. The Labute approximate surface area is 127 Å². The number of amides is 2. The quantitative estimate of drug-likeness (QED) is 0.920. The lowest BCUT2D eigenvalue weighted by molar-refractivity contribution is -0.133. The summed E-state index contributed by atoms with van der Waals surface area (Å²) in [6.45, 7) is 3.35. The molecule has 108 valence electrons. The lowest BCUT2D eigenvalue weighted by atomic mass is 10.1. The number of carbonyl (C=O) groups is 2. The molecular weight excluding hydrogens is 320 g/mol. The molecule has 1 saturated heterocycles. The summed E-state index contributed by atoms with van der Waals surface area (Å²) in [6, 6.07) is 6.61. The van der Waals surface area contributed by atoms with Crippen LogP contribution in [0.25, 0.3) is 0 Å². The average molecular weight is 339 g/mol. The zero-order chi connectivity index (χ0) is 14.5. The third-order valence-corrected chi connectivity index (χ3v) is 4.02. The zero-order valence-corrected chi connectivity index (χ0v) is 13.1. The standard InChI is InChI=1S/C15H19BrN2O2/c1-11(15(20)18-9-3-2-4-10-18)17-14(19)12-5-7-13(16)8-6-12/h5-8,11H,2-4,9-10H2,1H3,(H,17,19). The summed E-state index contributed by atoms with van der Waals surface area (Å²) in [4.78, 5) is 26.1. The van der Waals surface area contributed by atoms with E-state index in [2.05, 4.69) is 21.2 Å². The fourth-order valence-electron chi connectivity index (χ4n) is 2.33. The summed E-state index contributed by atoms with van der Waals surface area (Å²) in [5.74, 6) is -0.203. The van der Waals surface area contributed by atoms with E-state index in [0.29, 0.717) is 5.56 Å². The molecule has 2 amide bonds. The first-order valence-corrected chi connectivity index (χ1v) is 7.72. The molecule has 0 aromatic heterocycles. The van der Waals surface area contributed by atoms with Gasteiger partial charge in [0.2, 0.25) is 5.91 Å². The van der Waals surface area contributed by atoms with Crippen molar-refractivity contribution in [2.75, 3.05) is 13.1 Å². The summed E-state index contributed by atoms with van der Waals surface area (Å²) in [6.07, 6.45) is 3.29. The van der Waals surface area contributed by atoms with Gasteiger partial charge in [0.25, 0.3) is 5.91 Å². The van der Waals surface area contributed by atoms with Gasteiger partial charge in [-0.2, -0.15) is 0 Å². The third-order valence-electron chi connectivity index (χ3n) is 3.49. The van der Waals surface area contributed by atoms with Gasteiger partial charge in [-0.15, -0.1) is 0 Å². The number of nitrogens with zero attached hydrogens (tertiary/aromatic N) is 1. The molecule has 1 aromatic carbocycles. The fourth-order valence-corrected chi connectivity index (χ4v) is 2.60. The van der Waals surface area contributed by atoms with E-state index in [9.17, 15) is 9.59 Å². The van der Waals surface area contributed by atoms with Crippen molar-refractivity contribution in [1.82, 2.24) is 10.2 Å². The van der Waals surface area contributed by atoms with Crippen molar-refractivity contribution in [3.8, 4) is 0 Å². The van der Waals surface area contributed by atoms with Crippen LogP contribution in [0.1, 0.15) is 36.5 Å². The maximum atomic E-state index is 12.2. The number of likely N-dealkylation sites (tertiary alicyclic amines) is 1. The topological polar surface area (TPSA) is 49.4 Å². The number of halogens is 1. The average Bonchev–Trinajstić information content (AvgIpc) is 2.48. The van der Waals surface area contributed by atoms with Gasteiger partial charge in [-0.1, -0.05) is 15.9 Å². The largest absolute Gasteiger partial charge is 0.341 e. The van der Waals surface area contributed by atoms with Crippen molar-refractivity contribution in [3.63, 3.8) is 0 Å². The normalized spacial score (nSPS) is 16.6. The van der Waals surface area contributed by atoms with Crippen LogP contribution in [-0.2, 0) is 4.79 Å². The van der Waals surface area contributed by atoms with E-state index in [1.165, 1.54) is 6.42 Å². The van der Waals surface area contributed by atoms with E-state index in [-0.39, 0.29) is 11.8 Å². The highest BCUT2D eigenvalue weighted by Gasteiger charge is 2.23. The molecule has 1 heterocycles. The first kappa shape index (κ1) is 15.0. The summed E-state index contributed by atoms with van der Waals surface area (Å²) in [5.41, 5.74) is 0.562. The highest BCUT2D eigenvalue weighted by atomic mass is 79.9. The molecule has 0 bridgehead atoms. The van der Waals surface area contributed by atoms with Gasteiger partial charge >= 0.3 is 0 Å². The van der Waals surface area contributed by atoms with Crippen LogP contribution in [0.3, 0.4) is 0 Å². The van der Waals surface area contributed by atoms with Gasteiger partial charge in [-0.05, 0) is 50.5 Å². The number of piperidine rings is 1. The summed E-state index contributed by atoms with van der Waals surface area (Å²) < 4.78 is 0.923. The number of benzene rings is 1. The van der Waals surface area contributed by atoms with Crippen molar-refractivity contribution in [2.24, 2.45) is 0 Å². The van der Waals surface area contributed by atoms with Crippen molar-refractivity contribution in [3.05, 3.63) is 34.3 Å². The summed E-state index contributed by atoms with van der Waals surface area (Å²) in [7, 11) is 0. The molecule has 1 aromatic rings. The van der Waals surface area contributed by atoms with Crippen molar-refractivity contribution >= 4 is 27.7 Å². The smallest absolute Gasteiger partial charge is 0.251 e. The molecule has 4 nitrogen and oxygen atoms in total. The fraction of sp³-hybridized carbons (Fsp3) is 0.467. The summed E-state index contributed by atoms with van der Waals surface area (Å²) >= 11 is 3.33. The number of hydrogen-bond donors (Lipinski definition) is 1. The van der Waals surface area contributed by atoms with Gasteiger partial charge in [0.1, 0.15) is 6.04 Å². The molecule has 1 unspecified atom stereocenters. The Balaban J connectivity index is 1.92. The molecule has 2 rings (SSSR count). The van der Waals surface area contributed by atoms with Crippen LogP contribution >= 0.6 is 15.9 Å². The van der Waals surface area contributed by atoms with Gasteiger partial charge in [0, 0.05) is 23.1 Å². The Morgan fingerprint density at radius 1 is 1.15 bits per heavy atom. The van der Waals surface area contributed by atoms with E-state index < -0.39 is 6.04 Å². The SMILES string of the molecule is CC(NC(=O)c1ccc(Br)cc1)C(=O)N1CCCCC1. The molecule has 0 saturated carbocycles. The molecule has 1 aliphatic heterocycles. The third kappa shape index (κ3) is 3.82. The van der Waals surface area contributed by atoms with Crippen LogP contribution in [0.2, 0.25) is 0 Å². The monoisotopic (exact) mass is 338 g/mol. The van der Waals surface area contributed by atoms with Gasteiger partial charge in [0.15, 0.2) is 0 Å². The van der Waals surface area contributed by atoms with E-state index in [1.54, 1.807) is 19.1 Å². The van der Waals surface area contributed by atoms with Crippen LogP contribution in [0.15, 0.2) is 28.7 Å². The van der Waals surface area contributed by atoms with Crippen LogP contribution in [0.5, 0.6) is 0 Å². The van der Waals surface area contributed by atoms with E-state index in [1.807, 2.05) is 17.0 Å². The Morgan fingerprint density at radius 2 is 1.75 bits per heavy atom. The number of nitrogens with one attached hydrogen (secondary N) is 1. The lowest BCUT2D eigenvalue weighted by Crippen LogP contribution is -2.48. The minimum Gasteiger partial charge on any atom is -0.341 e. The van der Waals surface area contributed by atoms with Gasteiger partial charge in [-0.3, -0.25) is 9.59 Å². The predicted molar refractivity (Wildman–Crippen MR) is 81.5 cm³/mol. The van der Waals surface area contributed by atoms with E-state index in [4.69, 9.17) is 0 Å². The highest BCUT2D eigenvalue weighted by molar-refractivity contribution is 9.10. The molecule has 5 heteroatoms. The molecule has 1 N–H and O–H groups in total. The van der Waals surface area contributed by atoms with E-state index in [0.717, 1.165) is 30.4 Å². The molecule has 1 fully saturated rings. The maximum Gasteiger partial charge on any atom is 0.251 e. The number of hydrogen-bond acceptors (Lipinski definition) is 2. The molecule has 1 aliphatic rings.